The van der Waals surface area contributed by atoms with E-state index in [1.165, 1.54) is 0 Å². The summed E-state index contributed by atoms with van der Waals surface area (Å²) in [7, 11) is 0. The molecule has 0 aliphatic heterocycles. The van der Waals surface area contributed by atoms with Crippen LogP contribution in [0.3, 0.4) is 0 Å². The maximum atomic E-state index is 13.4. The van der Waals surface area contributed by atoms with Gasteiger partial charge in [0, 0.05) is 0 Å². The fraction of sp³-hybridized carbons (Fsp3) is 1.00. The maximum Gasteiger partial charge on any atom is 0.414 e. The third kappa shape index (κ3) is 3.34. The van der Waals surface area contributed by atoms with Crippen LogP contribution in [0.15, 0.2) is 0 Å². The summed E-state index contributed by atoms with van der Waals surface area (Å²) in [6.07, 6.45) is 0.739. The molecule has 2 nitrogen and oxygen atoms in total. The van der Waals surface area contributed by atoms with Crippen molar-refractivity contribution in [2.24, 2.45) is 46.3 Å². The highest BCUT2D eigenvalue weighted by Gasteiger charge is 2.62. The van der Waals surface area contributed by atoms with E-state index in [0.29, 0.717) is 36.5 Å². The Morgan fingerprint density at radius 3 is 2.23 bits per heavy atom. The normalized spacial score (nSPS) is 50.9. The minimum absolute atomic E-state index is 0.0980. The lowest BCUT2D eigenvalue weighted by Crippen LogP contribution is -2.56. The Morgan fingerprint density at radius 2 is 1.60 bits per heavy atom. The van der Waals surface area contributed by atoms with Gasteiger partial charge in [0.25, 0.3) is 0 Å². The van der Waals surface area contributed by atoms with Gasteiger partial charge in [0.2, 0.25) is 0 Å². The van der Waals surface area contributed by atoms with Crippen molar-refractivity contribution in [1.29, 1.82) is 0 Å². The molecule has 0 saturated heterocycles. The van der Waals surface area contributed by atoms with E-state index >= 15 is 0 Å². The lowest BCUT2D eigenvalue weighted by Gasteiger charge is -2.62. The van der Waals surface area contributed by atoms with Gasteiger partial charge in [-0.1, -0.05) is 20.8 Å². The van der Waals surface area contributed by atoms with E-state index in [2.05, 4.69) is 13.8 Å². The summed E-state index contributed by atoms with van der Waals surface area (Å²) in [5, 5.41) is 20.5. The van der Waals surface area contributed by atoms with Crippen molar-refractivity contribution < 1.29 is 27.8 Å². The summed E-state index contributed by atoms with van der Waals surface area (Å²) in [6, 6.07) is 0. The van der Waals surface area contributed by atoms with Crippen molar-refractivity contribution in [2.45, 2.75) is 96.4 Å². The van der Waals surface area contributed by atoms with Gasteiger partial charge in [-0.3, -0.25) is 0 Å². The summed E-state index contributed by atoms with van der Waals surface area (Å²) >= 11 is 0. The average molecular weight is 435 g/mol. The molecule has 0 aromatic heterocycles. The predicted molar refractivity (Wildman–Crippen MR) is 107 cm³/mol. The second-order valence-electron chi connectivity index (χ2n) is 11.8. The zero-order valence-electron chi connectivity index (χ0n) is 18.5. The Morgan fingerprint density at radius 1 is 0.933 bits per heavy atom. The van der Waals surface area contributed by atoms with Gasteiger partial charge < -0.3 is 10.2 Å². The molecule has 4 fully saturated rings. The molecule has 0 amide bonds. The molecule has 10 atom stereocenters. The maximum absolute atomic E-state index is 13.4. The molecular weight excluding hydrogens is 396 g/mol. The van der Waals surface area contributed by atoms with Gasteiger partial charge >= 0.3 is 6.18 Å². The monoisotopic (exact) mass is 434 g/mol. The molecule has 0 aromatic rings. The number of aliphatic hydroxyl groups excluding tert-OH is 1. The number of fused-ring (bicyclic) bond motifs is 5. The van der Waals surface area contributed by atoms with Crippen LogP contribution in [0.2, 0.25) is 0 Å². The Labute approximate surface area is 177 Å². The van der Waals surface area contributed by atoms with E-state index in [9.17, 15) is 27.8 Å². The first-order chi connectivity index (χ1) is 13.9. The zero-order chi connectivity index (χ0) is 22.1. The molecule has 0 radical (unpaired) electrons. The first-order valence-electron chi connectivity index (χ1n) is 11.9. The fourth-order valence-corrected chi connectivity index (χ4v) is 8.87. The Kier molecular flexibility index (Phi) is 5.57. The highest BCUT2D eigenvalue weighted by molar-refractivity contribution is 5.11. The van der Waals surface area contributed by atoms with Crippen LogP contribution in [0.4, 0.5) is 17.6 Å². The molecule has 4 saturated carbocycles. The van der Waals surface area contributed by atoms with Gasteiger partial charge in [0.1, 0.15) is 6.67 Å². The van der Waals surface area contributed by atoms with Crippen molar-refractivity contribution in [1.82, 2.24) is 0 Å². The summed E-state index contributed by atoms with van der Waals surface area (Å²) in [6.45, 7) is 5.43. The minimum atomic E-state index is -4.56. The highest BCUT2D eigenvalue weighted by Crippen LogP contribution is 2.69. The molecule has 174 valence electrons. The largest absolute Gasteiger partial charge is 0.414 e. The average Bonchev–Trinajstić information content (AvgIpc) is 3.04. The minimum Gasteiger partial charge on any atom is -0.387 e. The zero-order valence-corrected chi connectivity index (χ0v) is 18.5. The Hall–Kier alpha value is -0.360. The van der Waals surface area contributed by atoms with Gasteiger partial charge in [-0.2, -0.15) is 13.2 Å². The van der Waals surface area contributed by atoms with E-state index < -0.39 is 30.5 Å². The Bertz CT molecular complexity index is 654. The molecule has 6 heteroatoms. The fourth-order valence-electron chi connectivity index (χ4n) is 8.87. The molecule has 2 N–H and O–H groups in total. The smallest absolute Gasteiger partial charge is 0.387 e. The van der Waals surface area contributed by atoms with Crippen molar-refractivity contribution in [3.05, 3.63) is 0 Å². The van der Waals surface area contributed by atoms with Crippen LogP contribution >= 0.6 is 0 Å². The van der Waals surface area contributed by atoms with Crippen LogP contribution in [0.25, 0.3) is 0 Å². The molecule has 4 rings (SSSR count). The molecule has 30 heavy (non-hydrogen) atoms. The van der Waals surface area contributed by atoms with Gasteiger partial charge in [0.05, 0.1) is 5.60 Å². The first kappa shape index (κ1) is 22.8. The predicted octanol–water partition coefficient (Wildman–Crippen LogP) is 5.91. The van der Waals surface area contributed by atoms with Crippen molar-refractivity contribution >= 4 is 0 Å². The van der Waals surface area contributed by atoms with Crippen LogP contribution in [0.5, 0.6) is 0 Å². The van der Waals surface area contributed by atoms with Gasteiger partial charge in [-0.25, -0.2) is 4.39 Å². The number of rotatable bonds is 3. The number of aliphatic hydroxyl groups is 2. The molecule has 4 aliphatic carbocycles. The first-order valence-corrected chi connectivity index (χ1v) is 11.9. The summed E-state index contributed by atoms with van der Waals surface area (Å²) in [5.41, 5.74) is -1.22. The number of halogens is 4. The molecular formula is C24H38F4O2. The SMILES string of the molecule is C[C@@H]([C@H]1CC[C@H]2[C@@H]3CC[C@@H]4C[C@@](O)(CF)CC[C@]4(C)[C@H]3CC[C@]12C)[C@H](O)C(F)(F)F. The van der Waals surface area contributed by atoms with E-state index in [4.69, 9.17) is 0 Å². The second kappa shape index (κ2) is 7.33. The van der Waals surface area contributed by atoms with Gasteiger partial charge in [0.15, 0.2) is 6.10 Å². The third-order valence-corrected chi connectivity index (χ3v) is 10.6. The quantitative estimate of drug-likeness (QED) is 0.543. The lowest BCUT2D eigenvalue weighted by molar-refractivity contribution is -0.228. The second-order valence-corrected chi connectivity index (χ2v) is 11.8. The lowest BCUT2D eigenvalue weighted by atomic mass is 9.43. The van der Waals surface area contributed by atoms with Crippen LogP contribution in [0, 0.1) is 46.3 Å². The van der Waals surface area contributed by atoms with Crippen LogP contribution < -0.4 is 0 Å². The van der Waals surface area contributed by atoms with Crippen molar-refractivity contribution in [3.8, 4) is 0 Å². The van der Waals surface area contributed by atoms with Gasteiger partial charge in [-0.05, 0) is 104 Å². The molecule has 0 bridgehead atoms. The summed E-state index contributed by atoms with van der Waals surface area (Å²) in [5.74, 6) is 0.873. The standard InChI is InChI=1S/C24H38F4O2/c1-14(20(29)24(26,27)28)17-6-7-18-16-5-4-15-12-23(30,13-25)11-10-21(15,2)19(16)8-9-22(17,18)3/h14-20,29-30H,4-13H2,1-3H3/t14-,15+,16-,17+,18-,19-,20-,21-,22+,23+/m0/s1. The number of hydrogen-bond acceptors (Lipinski definition) is 2. The van der Waals surface area contributed by atoms with Crippen LogP contribution in [-0.2, 0) is 0 Å². The topological polar surface area (TPSA) is 40.5 Å². The van der Waals surface area contributed by atoms with Gasteiger partial charge in [-0.15, -0.1) is 0 Å². The molecule has 0 aromatic carbocycles. The molecule has 0 heterocycles. The van der Waals surface area contributed by atoms with Crippen molar-refractivity contribution in [2.75, 3.05) is 6.67 Å². The Balaban J connectivity index is 1.54. The van der Waals surface area contributed by atoms with E-state index in [0.717, 1.165) is 44.9 Å². The van der Waals surface area contributed by atoms with Crippen molar-refractivity contribution in [3.63, 3.8) is 0 Å². The van der Waals surface area contributed by atoms with E-state index in [1.54, 1.807) is 6.92 Å². The number of alkyl halides is 4. The highest BCUT2D eigenvalue weighted by atomic mass is 19.4. The number of hydrogen-bond donors (Lipinski definition) is 2. The molecule has 0 unspecified atom stereocenters. The van der Waals surface area contributed by atoms with E-state index in [1.807, 2.05) is 0 Å². The van der Waals surface area contributed by atoms with E-state index in [-0.39, 0.29) is 16.7 Å². The van der Waals surface area contributed by atoms with Crippen LogP contribution in [0.1, 0.15) is 78.6 Å². The summed E-state index contributed by atoms with van der Waals surface area (Å²) < 4.78 is 53.0. The van der Waals surface area contributed by atoms with Crippen LogP contribution in [-0.4, -0.2) is 34.8 Å². The molecule has 4 aliphatic rings. The summed E-state index contributed by atoms with van der Waals surface area (Å²) in [4.78, 5) is 0. The molecule has 0 spiro atoms. The third-order valence-electron chi connectivity index (χ3n) is 10.6.